The van der Waals surface area contributed by atoms with E-state index in [0.29, 0.717) is 35.2 Å². The Morgan fingerprint density at radius 2 is 1.61 bits per heavy atom. The molecule has 2 saturated heterocycles. The minimum atomic E-state index is -0.137. The lowest BCUT2D eigenvalue weighted by Crippen LogP contribution is -2.57. The molecule has 0 aliphatic carbocycles. The minimum absolute atomic E-state index is 0.0135. The van der Waals surface area contributed by atoms with Gasteiger partial charge in [0.25, 0.3) is 5.91 Å². The number of carbonyl (C=O) groups is 3. The van der Waals surface area contributed by atoms with E-state index in [1.165, 1.54) is 0 Å². The molecule has 0 bridgehead atoms. The van der Waals surface area contributed by atoms with Crippen molar-refractivity contribution in [2.75, 3.05) is 52.9 Å². The summed E-state index contributed by atoms with van der Waals surface area (Å²) in [5.41, 5.74) is 2.76. The lowest BCUT2D eigenvalue weighted by molar-refractivity contribution is -0.122. The first-order chi connectivity index (χ1) is 22.3. The molecule has 3 aromatic carbocycles. The van der Waals surface area contributed by atoms with Crippen LogP contribution in [0.2, 0.25) is 10.0 Å². The molecule has 3 aromatic rings. The van der Waals surface area contributed by atoms with Gasteiger partial charge in [0.2, 0.25) is 5.91 Å². The third kappa shape index (κ3) is 9.02. The van der Waals surface area contributed by atoms with Gasteiger partial charge in [-0.3, -0.25) is 9.59 Å². The number of urea groups is 1. The standard InChI is InChI=1S/C36H43Cl2N5O3/c1-40(35(45)28-11-6-3-7-12-28)25-30(29-13-14-32(37)33(38)23-29)15-20-41-21-16-31(17-22-41)43-19-8-18-42(36(43)46)26-34(44)39-24-27-9-4-2-5-10-27/h2-7,9-14,23,30-31H,8,15-22,24-26H2,1H3,(H,39,44)/t30-/m1/s1. The van der Waals surface area contributed by atoms with Crippen LogP contribution in [-0.4, -0.2) is 96.3 Å². The highest BCUT2D eigenvalue weighted by molar-refractivity contribution is 6.42. The fourth-order valence-corrected chi connectivity index (χ4v) is 6.76. The second-order valence-electron chi connectivity index (χ2n) is 12.3. The van der Waals surface area contributed by atoms with Crippen LogP contribution < -0.4 is 5.32 Å². The van der Waals surface area contributed by atoms with Gasteiger partial charge in [-0.25, -0.2) is 4.79 Å². The molecule has 0 saturated carbocycles. The zero-order valence-corrected chi connectivity index (χ0v) is 27.9. The van der Waals surface area contributed by atoms with Crippen molar-refractivity contribution in [1.82, 2.24) is 24.9 Å². The van der Waals surface area contributed by atoms with Crippen LogP contribution in [0.3, 0.4) is 0 Å². The molecular weight excluding hydrogens is 621 g/mol. The van der Waals surface area contributed by atoms with Crippen molar-refractivity contribution >= 4 is 41.0 Å². The molecule has 0 radical (unpaired) electrons. The summed E-state index contributed by atoms with van der Waals surface area (Å²) in [6.45, 7) is 5.06. The highest BCUT2D eigenvalue weighted by atomic mass is 35.5. The Morgan fingerprint density at radius 3 is 2.30 bits per heavy atom. The number of carbonyl (C=O) groups excluding carboxylic acids is 3. The quantitative estimate of drug-likeness (QED) is 0.252. The molecule has 2 aliphatic heterocycles. The zero-order chi connectivity index (χ0) is 32.5. The second kappa shape index (κ2) is 16.3. The van der Waals surface area contributed by atoms with Crippen LogP contribution in [0.5, 0.6) is 0 Å². The number of likely N-dealkylation sites (N-methyl/N-ethyl adjacent to an activating group) is 1. The average molecular weight is 665 g/mol. The number of amides is 4. The van der Waals surface area contributed by atoms with E-state index < -0.39 is 0 Å². The van der Waals surface area contributed by atoms with Crippen molar-refractivity contribution < 1.29 is 14.4 Å². The maximum atomic E-state index is 13.4. The molecule has 46 heavy (non-hydrogen) atoms. The van der Waals surface area contributed by atoms with E-state index in [1.807, 2.05) is 90.8 Å². The first-order valence-corrected chi connectivity index (χ1v) is 16.9. The first-order valence-electron chi connectivity index (χ1n) is 16.1. The summed E-state index contributed by atoms with van der Waals surface area (Å²) < 4.78 is 0. The Morgan fingerprint density at radius 1 is 0.913 bits per heavy atom. The molecule has 244 valence electrons. The fourth-order valence-electron chi connectivity index (χ4n) is 6.45. The number of hydrogen-bond donors (Lipinski definition) is 1. The molecule has 2 heterocycles. The summed E-state index contributed by atoms with van der Waals surface area (Å²) in [4.78, 5) is 47.1. The van der Waals surface area contributed by atoms with Crippen LogP contribution in [0, 0.1) is 0 Å². The predicted molar refractivity (Wildman–Crippen MR) is 183 cm³/mol. The third-order valence-corrected chi connectivity index (χ3v) is 9.82. The summed E-state index contributed by atoms with van der Waals surface area (Å²) in [7, 11) is 1.84. The highest BCUT2D eigenvalue weighted by Gasteiger charge is 2.34. The monoisotopic (exact) mass is 663 g/mol. The highest BCUT2D eigenvalue weighted by Crippen LogP contribution is 2.30. The molecule has 5 rings (SSSR count). The van der Waals surface area contributed by atoms with Gasteiger partial charge in [0.05, 0.1) is 10.0 Å². The number of benzene rings is 3. The molecule has 4 amide bonds. The molecule has 2 fully saturated rings. The number of nitrogens with zero attached hydrogens (tertiary/aromatic N) is 4. The molecule has 1 N–H and O–H groups in total. The van der Waals surface area contributed by atoms with Crippen LogP contribution in [0.15, 0.2) is 78.9 Å². The van der Waals surface area contributed by atoms with Crippen molar-refractivity contribution in [3.63, 3.8) is 0 Å². The lowest BCUT2D eigenvalue weighted by Gasteiger charge is -2.43. The lowest BCUT2D eigenvalue weighted by atomic mass is 9.93. The fraction of sp³-hybridized carbons (Fsp3) is 0.417. The van der Waals surface area contributed by atoms with Crippen LogP contribution in [-0.2, 0) is 11.3 Å². The number of hydrogen-bond acceptors (Lipinski definition) is 4. The summed E-state index contributed by atoms with van der Waals surface area (Å²) in [6.07, 6.45) is 3.50. The summed E-state index contributed by atoms with van der Waals surface area (Å²) >= 11 is 12.6. The van der Waals surface area contributed by atoms with Gasteiger partial charge in [0.1, 0.15) is 6.54 Å². The number of piperidine rings is 1. The Balaban J connectivity index is 1.13. The SMILES string of the molecule is CN(C[C@@H](CCN1CCC(N2CCCN(CC(=O)NCc3ccccc3)C2=O)CC1)c1ccc(Cl)c(Cl)c1)C(=O)c1ccccc1. The van der Waals surface area contributed by atoms with E-state index in [2.05, 4.69) is 10.2 Å². The second-order valence-corrected chi connectivity index (χ2v) is 13.1. The minimum Gasteiger partial charge on any atom is -0.350 e. The number of rotatable bonds is 12. The molecule has 10 heteroatoms. The first kappa shape index (κ1) is 33.8. The van der Waals surface area contributed by atoms with Crippen LogP contribution >= 0.6 is 23.2 Å². The van der Waals surface area contributed by atoms with Crippen LogP contribution in [0.4, 0.5) is 4.79 Å². The van der Waals surface area contributed by atoms with E-state index >= 15 is 0 Å². The Kier molecular flexibility index (Phi) is 12.0. The van der Waals surface area contributed by atoms with Gasteiger partial charge in [-0.1, -0.05) is 77.8 Å². The summed E-state index contributed by atoms with van der Waals surface area (Å²) in [5, 5.41) is 3.96. The van der Waals surface area contributed by atoms with Gasteiger partial charge in [-0.05, 0) is 67.6 Å². The van der Waals surface area contributed by atoms with Gasteiger partial charge in [0, 0.05) is 63.8 Å². The van der Waals surface area contributed by atoms with E-state index in [4.69, 9.17) is 23.2 Å². The molecule has 0 spiro atoms. The zero-order valence-electron chi connectivity index (χ0n) is 26.4. The molecule has 8 nitrogen and oxygen atoms in total. The average Bonchev–Trinajstić information content (AvgIpc) is 3.08. The molecule has 0 unspecified atom stereocenters. The summed E-state index contributed by atoms with van der Waals surface area (Å²) in [6, 6.07) is 25.0. The molecule has 1 atom stereocenters. The Labute approximate surface area is 282 Å². The van der Waals surface area contributed by atoms with Crippen molar-refractivity contribution in [2.45, 2.75) is 44.2 Å². The molecule has 0 aromatic heterocycles. The van der Waals surface area contributed by atoms with Crippen molar-refractivity contribution in [1.29, 1.82) is 0 Å². The summed E-state index contributed by atoms with van der Waals surface area (Å²) in [5.74, 6) is -0.0719. The molecular formula is C36H43Cl2N5O3. The van der Waals surface area contributed by atoms with Crippen LogP contribution in [0.25, 0.3) is 0 Å². The Bertz CT molecular complexity index is 1470. The number of nitrogens with one attached hydrogen (secondary N) is 1. The van der Waals surface area contributed by atoms with Gasteiger partial charge in [-0.15, -0.1) is 0 Å². The molecule has 2 aliphatic rings. The van der Waals surface area contributed by atoms with Gasteiger partial charge >= 0.3 is 6.03 Å². The smallest absolute Gasteiger partial charge is 0.320 e. The number of halogens is 2. The van der Waals surface area contributed by atoms with Crippen LogP contribution in [0.1, 0.15) is 53.1 Å². The maximum absolute atomic E-state index is 13.4. The van der Waals surface area contributed by atoms with E-state index in [0.717, 1.165) is 63.0 Å². The van der Waals surface area contributed by atoms with Crippen molar-refractivity contribution in [3.05, 3.63) is 106 Å². The maximum Gasteiger partial charge on any atom is 0.320 e. The Hall–Kier alpha value is -3.59. The number of likely N-dealkylation sites (tertiary alicyclic amines) is 1. The van der Waals surface area contributed by atoms with Crippen molar-refractivity contribution in [2.24, 2.45) is 0 Å². The van der Waals surface area contributed by atoms with E-state index in [1.54, 1.807) is 9.80 Å². The van der Waals surface area contributed by atoms with E-state index in [-0.39, 0.29) is 36.3 Å². The largest absolute Gasteiger partial charge is 0.350 e. The third-order valence-electron chi connectivity index (χ3n) is 9.08. The normalized spacial score (nSPS) is 16.7. The predicted octanol–water partition coefficient (Wildman–Crippen LogP) is 6.15. The topological polar surface area (TPSA) is 76.2 Å². The van der Waals surface area contributed by atoms with E-state index in [9.17, 15) is 14.4 Å². The van der Waals surface area contributed by atoms with Gasteiger partial charge in [0.15, 0.2) is 0 Å². The van der Waals surface area contributed by atoms with Gasteiger partial charge < -0.3 is 24.9 Å². The van der Waals surface area contributed by atoms with Gasteiger partial charge in [-0.2, -0.15) is 0 Å². The van der Waals surface area contributed by atoms with Crippen molar-refractivity contribution in [3.8, 4) is 0 Å².